The zero-order chi connectivity index (χ0) is 12.9. The molecule has 0 aliphatic carbocycles. The summed E-state index contributed by atoms with van der Waals surface area (Å²) in [6.45, 7) is 2.10. The summed E-state index contributed by atoms with van der Waals surface area (Å²) in [5.41, 5.74) is -1.04. The fraction of sp³-hybridized carbons (Fsp3) is 0.545. The van der Waals surface area contributed by atoms with Crippen LogP contribution in [0.4, 0.5) is 14.6 Å². The van der Waals surface area contributed by atoms with Crippen LogP contribution in [0.3, 0.4) is 0 Å². The van der Waals surface area contributed by atoms with Crippen LogP contribution >= 0.6 is 0 Å². The minimum absolute atomic E-state index is 0.0795. The van der Waals surface area contributed by atoms with E-state index in [2.05, 4.69) is 10.3 Å². The Hall–Kier alpha value is -1.27. The van der Waals surface area contributed by atoms with E-state index in [-0.39, 0.29) is 12.4 Å². The monoisotopic (exact) mass is 246 g/mol. The first-order valence-electron chi connectivity index (χ1n) is 5.21. The zero-order valence-corrected chi connectivity index (χ0v) is 9.83. The van der Waals surface area contributed by atoms with Crippen LogP contribution in [0.15, 0.2) is 12.3 Å². The van der Waals surface area contributed by atoms with Crippen LogP contribution in [0.1, 0.15) is 13.3 Å². The van der Waals surface area contributed by atoms with Gasteiger partial charge in [-0.05, 0) is 6.92 Å². The van der Waals surface area contributed by atoms with Gasteiger partial charge in [0.2, 0.25) is 0 Å². The highest BCUT2D eigenvalue weighted by Crippen LogP contribution is 2.14. The molecule has 0 aliphatic heterocycles. The molecule has 0 aliphatic rings. The van der Waals surface area contributed by atoms with E-state index in [0.29, 0.717) is 13.0 Å². The molecule has 1 rings (SSSR count). The fourth-order valence-electron chi connectivity index (χ4n) is 1.23. The van der Waals surface area contributed by atoms with Crippen LogP contribution in [0.5, 0.6) is 0 Å². The lowest BCUT2D eigenvalue weighted by molar-refractivity contribution is 0.0356. The van der Waals surface area contributed by atoms with Crippen molar-refractivity contribution in [1.29, 1.82) is 0 Å². The van der Waals surface area contributed by atoms with Crippen molar-refractivity contribution in [2.75, 3.05) is 25.6 Å². The molecule has 0 fully saturated rings. The van der Waals surface area contributed by atoms with Crippen molar-refractivity contribution in [3.05, 3.63) is 23.9 Å². The maximum atomic E-state index is 13.2. The molecule has 0 saturated carbocycles. The normalized spacial score (nSPS) is 14.4. The molecule has 0 amide bonds. The van der Waals surface area contributed by atoms with Gasteiger partial charge in [-0.25, -0.2) is 13.8 Å². The van der Waals surface area contributed by atoms with Crippen LogP contribution in [0.2, 0.25) is 0 Å². The van der Waals surface area contributed by atoms with Crippen molar-refractivity contribution in [3.8, 4) is 0 Å². The Morgan fingerprint density at radius 2 is 2.24 bits per heavy atom. The van der Waals surface area contributed by atoms with Crippen LogP contribution in [-0.2, 0) is 4.74 Å². The standard InChI is InChI=1S/C11H16F2N2O2/c1-11(16,3-4-17-2)7-15-10-9(13)5-8(12)6-14-10/h5-6,16H,3-4,7H2,1-2H3,(H,14,15). The highest BCUT2D eigenvalue weighted by Gasteiger charge is 2.20. The van der Waals surface area contributed by atoms with E-state index in [1.807, 2.05) is 0 Å². The van der Waals surface area contributed by atoms with Crippen molar-refractivity contribution in [1.82, 2.24) is 4.98 Å². The van der Waals surface area contributed by atoms with Gasteiger partial charge >= 0.3 is 0 Å². The molecule has 96 valence electrons. The molecule has 1 unspecified atom stereocenters. The minimum Gasteiger partial charge on any atom is -0.388 e. The summed E-state index contributed by atoms with van der Waals surface area (Å²) in [7, 11) is 1.53. The Kier molecular flexibility index (Phi) is 4.77. The Morgan fingerprint density at radius 3 is 2.82 bits per heavy atom. The van der Waals surface area contributed by atoms with E-state index in [0.717, 1.165) is 12.3 Å². The van der Waals surface area contributed by atoms with Gasteiger partial charge < -0.3 is 15.2 Å². The van der Waals surface area contributed by atoms with E-state index >= 15 is 0 Å². The minimum atomic E-state index is -1.04. The number of ether oxygens (including phenoxy) is 1. The first-order chi connectivity index (χ1) is 7.94. The topological polar surface area (TPSA) is 54.4 Å². The van der Waals surface area contributed by atoms with Crippen LogP contribution in [-0.4, -0.2) is 36.0 Å². The molecule has 1 aromatic heterocycles. The smallest absolute Gasteiger partial charge is 0.168 e. The van der Waals surface area contributed by atoms with Crippen LogP contribution in [0, 0.1) is 11.6 Å². The Labute approximate surface area is 98.6 Å². The molecule has 0 aromatic carbocycles. The Balaban J connectivity index is 2.54. The maximum Gasteiger partial charge on any atom is 0.168 e. The van der Waals surface area contributed by atoms with Gasteiger partial charge in [0.15, 0.2) is 11.6 Å². The Bertz CT molecular complexity index is 372. The lowest BCUT2D eigenvalue weighted by Crippen LogP contribution is -2.35. The molecule has 2 N–H and O–H groups in total. The summed E-state index contributed by atoms with van der Waals surface area (Å²) in [5.74, 6) is -1.60. The molecule has 0 bridgehead atoms. The first kappa shape index (κ1) is 13.8. The quantitative estimate of drug-likeness (QED) is 0.799. The number of hydrogen-bond acceptors (Lipinski definition) is 4. The maximum absolute atomic E-state index is 13.2. The lowest BCUT2D eigenvalue weighted by atomic mass is 10.0. The van der Waals surface area contributed by atoms with E-state index in [1.165, 1.54) is 7.11 Å². The Morgan fingerprint density at radius 1 is 1.53 bits per heavy atom. The van der Waals surface area contributed by atoms with Gasteiger partial charge in [-0.15, -0.1) is 0 Å². The summed E-state index contributed by atoms with van der Waals surface area (Å²) in [4.78, 5) is 3.56. The third kappa shape index (κ3) is 4.62. The molecule has 0 radical (unpaired) electrons. The molecular weight excluding hydrogens is 230 g/mol. The van der Waals surface area contributed by atoms with Gasteiger partial charge in [-0.2, -0.15) is 0 Å². The zero-order valence-electron chi connectivity index (χ0n) is 9.83. The predicted molar refractivity (Wildman–Crippen MR) is 59.8 cm³/mol. The molecule has 17 heavy (non-hydrogen) atoms. The van der Waals surface area contributed by atoms with Crippen molar-refractivity contribution in [2.45, 2.75) is 18.9 Å². The summed E-state index contributed by atoms with van der Waals surface area (Å²) >= 11 is 0. The van der Waals surface area contributed by atoms with Gasteiger partial charge in [0, 0.05) is 32.7 Å². The lowest BCUT2D eigenvalue weighted by Gasteiger charge is -2.23. The number of pyridine rings is 1. The van der Waals surface area contributed by atoms with Gasteiger partial charge in [0.1, 0.15) is 5.82 Å². The highest BCUT2D eigenvalue weighted by atomic mass is 19.1. The molecule has 4 nitrogen and oxygen atoms in total. The largest absolute Gasteiger partial charge is 0.388 e. The second-order valence-corrected chi connectivity index (χ2v) is 4.08. The second-order valence-electron chi connectivity index (χ2n) is 4.08. The van der Waals surface area contributed by atoms with E-state index in [1.54, 1.807) is 6.92 Å². The van der Waals surface area contributed by atoms with E-state index in [9.17, 15) is 13.9 Å². The summed E-state index contributed by atoms with van der Waals surface area (Å²) in [6.07, 6.45) is 1.31. The average Bonchev–Trinajstić information content (AvgIpc) is 2.25. The van der Waals surface area contributed by atoms with Crippen LogP contribution in [0.25, 0.3) is 0 Å². The average molecular weight is 246 g/mol. The highest BCUT2D eigenvalue weighted by molar-refractivity contribution is 5.36. The SMILES string of the molecule is COCCC(C)(O)CNc1ncc(F)cc1F. The third-order valence-electron chi connectivity index (χ3n) is 2.29. The first-order valence-corrected chi connectivity index (χ1v) is 5.21. The van der Waals surface area contributed by atoms with Crippen molar-refractivity contribution >= 4 is 5.82 Å². The molecule has 1 atom stereocenters. The van der Waals surface area contributed by atoms with E-state index in [4.69, 9.17) is 4.74 Å². The molecular formula is C11H16F2N2O2. The predicted octanol–water partition coefficient (Wildman–Crippen LogP) is 1.56. The number of halogens is 2. The number of anilines is 1. The molecule has 0 saturated heterocycles. The molecule has 1 heterocycles. The summed E-state index contributed by atoms with van der Waals surface area (Å²) in [6, 6.07) is 0.735. The summed E-state index contributed by atoms with van der Waals surface area (Å²) < 4.78 is 30.6. The van der Waals surface area contributed by atoms with Crippen molar-refractivity contribution in [2.24, 2.45) is 0 Å². The van der Waals surface area contributed by atoms with E-state index < -0.39 is 17.2 Å². The molecule has 0 spiro atoms. The summed E-state index contributed by atoms with van der Waals surface area (Å²) in [5, 5.41) is 12.5. The number of methoxy groups -OCH3 is 1. The number of nitrogens with zero attached hydrogens (tertiary/aromatic N) is 1. The third-order valence-corrected chi connectivity index (χ3v) is 2.29. The molecule has 6 heteroatoms. The van der Waals surface area contributed by atoms with Gasteiger partial charge in [0.25, 0.3) is 0 Å². The van der Waals surface area contributed by atoms with Crippen molar-refractivity contribution < 1.29 is 18.6 Å². The number of rotatable bonds is 6. The fourth-order valence-corrected chi connectivity index (χ4v) is 1.23. The van der Waals surface area contributed by atoms with Crippen LogP contribution < -0.4 is 5.32 Å². The number of aliphatic hydroxyl groups is 1. The number of hydrogen-bond donors (Lipinski definition) is 2. The van der Waals surface area contributed by atoms with Gasteiger partial charge in [-0.1, -0.05) is 0 Å². The van der Waals surface area contributed by atoms with Gasteiger partial charge in [0.05, 0.1) is 11.8 Å². The number of nitrogens with one attached hydrogen (secondary N) is 1. The van der Waals surface area contributed by atoms with Crippen molar-refractivity contribution in [3.63, 3.8) is 0 Å². The van der Waals surface area contributed by atoms with Gasteiger partial charge in [-0.3, -0.25) is 0 Å². The number of aromatic nitrogens is 1. The molecule has 1 aromatic rings. The second kappa shape index (κ2) is 5.88.